The van der Waals surface area contributed by atoms with Crippen LogP contribution in [0.4, 0.5) is 17.1 Å². The molecule has 11 rings (SSSR count). The summed E-state index contributed by atoms with van der Waals surface area (Å²) in [6.07, 6.45) is 53.9. The van der Waals surface area contributed by atoms with E-state index in [2.05, 4.69) is 249 Å². The zero-order chi connectivity index (χ0) is 44.8. The Hall–Kier alpha value is -7.16. The van der Waals surface area contributed by atoms with Crippen LogP contribution in [-0.2, 0) is 0 Å². The molecule has 66 heavy (non-hydrogen) atoms. The highest BCUT2D eigenvalue weighted by molar-refractivity contribution is 5.97. The molecule has 4 aromatic carbocycles. The molecule has 7 atom stereocenters. The van der Waals surface area contributed by atoms with E-state index in [0.717, 1.165) is 30.5 Å². The molecule has 0 N–H and O–H groups in total. The Morgan fingerprint density at radius 3 is 2.35 bits per heavy atom. The molecule has 0 aliphatic heterocycles. The maximum atomic E-state index is 4.21. The van der Waals surface area contributed by atoms with Crippen molar-refractivity contribution in [2.75, 3.05) is 9.80 Å². The largest absolute Gasteiger partial charge is 0.334 e. The standard InChI is InChI=1S/C64H58N2/c1-5-45-32-34-49(35-33-45)65(60-30-16-22-46-18-7-10-25-53(46)60)51-24-15-21-48-20-9-12-27-55(48)63-59-43-52(36-37-57(59)56-28-13-14-29-58(56)62(63)44(3)42-51)66(50-38-40-64(4,6-2)41-39-50)61-31-17-23-47-19-8-11-26-54(47)61/h5-20,22-26,28-40,42-44,54-56,58,61H,1-2,21,27,41H2,3-4H3/t44?,54?,55?,56?,58?,61?,64-/m0/s1. The molecule has 0 aromatic heterocycles. The fraction of sp³-hybridized carbons (Fsp3) is 0.188. The van der Waals surface area contributed by atoms with Crippen LogP contribution in [0.15, 0.2) is 254 Å². The van der Waals surface area contributed by atoms with Gasteiger partial charge in [0.05, 0.1) is 11.7 Å². The second kappa shape index (κ2) is 17.3. The highest BCUT2D eigenvalue weighted by Crippen LogP contribution is 2.55. The van der Waals surface area contributed by atoms with Gasteiger partial charge in [0.2, 0.25) is 0 Å². The van der Waals surface area contributed by atoms with Gasteiger partial charge in [-0.25, -0.2) is 0 Å². The molecular weight excluding hydrogens is 797 g/mol. The second-order valence-electron chi connectivity index (χ2n) is 19.1. The van der Waals surface area contributed by atoms with Gasteiger partial charge in [0.15, 0.2) is 0 Å². The molecule has 0 radical (unpaired) electrons. The van der Waals surface area contributed by atoms with Crippen LogP contribution in [0, 0.1) is 29.1 Å². The first kappa shape index (κ1) is 41.5. The van der Waals surface area contributed by atoms with Crippen molar-refractivity contribution in [1.82, 2.24) is 0 Å². The lowest BCUT2D eigenvalue weighted by Gasteiger charge is -2.43. The van der Waals surface area contributed by atoms with Crippen molar-refractivity contribution in [3.05, 3.63) is 270 Å². The molecule has 2 nitrogen and oxygen atoms in total. The van der Waals surface area contributed by atoms with Crippen LogP contribution in [0.5, 0.6) is 0 Å². The first-order valence-corrected chi connectivity index (χ1v) is 23.9. The Morgan fingerprint density at radius 1 is 0.712 bits per heavy atom. The van der Waals surface area contributed by atoms with Crippen molar-refractivity contribution in [3.8, 4) is 0 Å². The molecule has 2 heteroatoms. The predicted molar refractivity (Wildman–Crippen MR) is 282 cm³/mol. The first-order valence-electron chi connectivity index (χ1n) is 23.9. The third kappa shape index (κ3) is 7.39. The number of hydrogen-bond acceptors (Lipinski definition) is 2. The van der Waals surface area contributed by atoms with Crippen LogP contribution in [-0.4, -0.2) is 6.04 Å². The minimum absolute atomic E-state index is 0.0654. The van der Waals surface area contributed by atoms with E-state index in [1.54, 1.807) is 0 Å². The molecule has 0 saturated heterocycles. The average Bonchev–Trinajstić information content (AvgIpc) is 3.37. The minimum Gasteiger partial charge on any atom is -0.334 e. The Morgan fingerprint density at radius 2 is 1.52 bits per heavy atom. The van der Waals surface area contributed by atoms with Crippen molar-refractivity contribution >= 4 is 39.5 Å². The smallest absolute Gasteiger partial charge is 0.0628 e. The van der Waals surface area contributed by atoms with Crippen molar-refractivity contribution < 1.29 is 0 Å². The Balaban J connectivity index is 1.12. The maximum absolute atomic E-state index is 4.21. The number of anilines is 3. The normalized spacial score (nSPS) is 26.8. The van der Waals surface area contributed by atoms with Crippen molar-refractivity contribution in [3.63, 3.8) is 0 Å². The number of hydrogen-bond donors (Lipinski definition) is 0. The molecule has 7 aliphatic rings. The van der Waals surface area contributed by atoms with Crippen LogP contribution < -0.4 is 9.80 Å². The summed E-state index contributed by atoms with van der Waals surface area (Å²) < 4.78 is 0. The summed E-state index contributed by atoms with van der Waals surface area (Å²) in [7, 11) is 0. The van der Waals surface area contributed by atoms with Crippen LogP contribution >= 0.6 is 0 Å². The van der Waals surface area contributed by atoms with Crippen molar-refractivity contribution in [2.45, 2.75) is 45.1 Å². The number of fused-ring (bicyclic) bond motifs is 9. The molecule has 0 spiro atoms. The summed E-state index contributed by atoms with van der Waals surface area (Å²) in [5.74, 6) is 1.07. The third-order valence-electron chi connectivity index (χ3n) is 15.1. The van der Waals surface area contributed by atoms with Gasteiger partial charge in [0.25, 0.3) is 0 Å². The molecule has 0 amide bonds. The van der Waals surface area contributed by atoms with Gasteiger partial charge in [-0.15, -0.1) is 6.58 Å². The van der Waals surface area contributed by atoms with Gasteiger partial charge >= 0.3 is 0 Å². The van der Waals surface area contributed by atoms with Crippen molar-refractivity contribution in [2.24, 2.45) is 29.1 Å². The maximum Gasteiger partial charge on any atom is 0.0628 e. The van der Waals surface area contributed by atoms with Crippen LogP contribution in [0.3, 0.4) is 0 Å². The van der Waals surface area contributed by atoms with E-state index in [-0.39, 0.29) is 41.0 Å². The molecular formula is C64H58N2. The summed E-state index contributed by atoms with van der Waals surface area (Å²) in [6.45, 7) is 13.0. The number of benzene rings is 4. The lowest BCUT2D eigenvalue weighted by molar-refractivity contribution is 0.547. The van der Waals surface area contributed by atoms with E-state index in [4.69, 9.17) is 0 Å². The fourth-order valence-corrected chi connectivity index (χ4v) is 11.6. The van der Waals surface area contributed by atoms with Gasteiger partial charge in [0, 0.05) is 57.2 Å². The summed E-state index contributed by atoms with van der Waals surface area (Å²) in [5.41, 5.74) is 15.6. The highest BCUT2D eigenvalue weighted by atomic mass is 15.2. The summed E-state index contributed by atoms with van der Waals surface area (Å²) in [6, 6.07) is 31.9. The summed E-state index contributed by atoms with van der Waals surface area (Å²) >= 11 is 0. The summed E-state index contributed by atoms with van der Waals surface area (Å²) in [4.78, 5) is 5.11. The summed E-state index contributed by atoms with van der Waals surface area (Å²) in [5, 5.41) is 2.45. The number of rotatable bonds is 8. The lowest BCUT2D eigenvalue weighted by atomic mass is 9.62. The zero-order valence-corrected chi connectivity index (χ0v) is 38.2. The number of nitrogens with zero attached hydrogens (tertiary/aromatic N) is 2. The van der Waals surface area contributed by atoms with Gasteiger partial charge < -0.3 is 9.80 Å². The van der Waals surface area contributed by atoms with Gasteiger partial charge in [-0.3, -0.25) is 0 Å². The van der Waals surface area contributed by atoms with E-state index in [0.29, 0.717) is 0 Å². The third-order valence-corrected chi connectivity index (χ3v) is 15.1. The van der Waals surface area contributed by atoms with Crippen LogP contribution in [0.25, 0.3) is 22.4 Å². The second-order valence-corrected chi connectivity index (χ2v) is 19.1. The number of allylic oxidation sites excluding steroid dienone is 22. The average molecular weight is 855 g/mol. The van der Waals surface area contributed by atoms with E-state index < -0.39 is 0 Å². The van der Waals surface area contributed by atoms with E-state index >= 15 is 0 Å². The minimum atomic E-state index is -0.0654. The van der Waals surface area contributed by atoms with Crippen LogP contribution in [0.1, 0.15) is 55.7 Å². The molecule has 7 aliphatic carbocycles. The molecule has 0 saturated carbocycles. The predicted octanol–water partition coefficient (Wildman–Crippen LogP) is 16.3. The Kier molecular flexibility index (Phi) is 10.9. The van der Waals surface area contributed by atoms with E-state index in [1.165, 1.54) is 67.0 Å². The van der Waals surface area contributed by atoms with E-state index in [1.807, 2.05) is 6.08 Å². The van der Waals surface area contributed by atoms with Gasteiger partial charge in [-0.1, -0.05) is 208 Å². The monoisotopic (exact) mass is 854 g/mol. The Labute approximate surface area is 392 Å². The molecule has 0 fully saturated rings. The first-order chi connectivity index (χ1) is 32.4. The topological polar surface area (TPSA) is 6.48 Å². The lowest BCUT2D eigenvalue weighted by Crippen LogP contribution is -2.40. The van der Waals surface area contributed by atoms with Crippen molar-refractivity contribution in [1.29, 1.82) is 0 Å². The molecule has 0 heterocycles. The zero-order valence-electron chi connectivity index (χ0n) is 38.2. The SMILES string of the molecule is C=Cc1ccc(N(C2=CC(C)C3=C(c4cc(N(C5=CC[C@@](C)(C=C)C=C5)C5C=CC=C6C=CC=CC65)ccc4C4C=CC=CC34)C3CC=CC=C3CC=C2)c2cccc3ccccc23)cc1. The van der Waals surface area contributed by atoms with Gasteiger partial charge in [-0.2, -0.15) is 0 Å². The molecule has 0 bridgehead atoms. The quantitative estimate of drug-likeness (QED) is 0.163. The Bertz CT molecular complexity index is 3040. The molecule has 4 aromatic rings. The van der Waals surface area contributed by atoms with Gasteiger partial charge in [-0.05, 0) is 101 Å². The fourth-order valence-electron chi connectivity index (χ4n) is 11.6. The highest BCUT2D eigenvalue weighted by Gasteiger charge is 2.40. The van der Waals surface area contributed by atoms with Crippen LogP contribution in [0.2, 0.25) is 0 Å². The van der Waals surface area contributed by atoms with Gasteiger partial charge in [0.1, 0.15) is 0 Å². The van der Waals surface area contributed by atoms with E-state index in [9.17, 15) is 0 Å². The molecule has 324 valence electrons. The molecule has 6 unspecified atom stereocenters.